The van der Waals surface area contributed by atoms with E-state index in [1.807, 2.05) is 0 Å². The minimum Gasteiger partial charge on any atom is -0.309 e. The third kappa shape index (κ3) is 17.5. The van der Waals surface area contributed by atoms with Gasteiger partial charge in [-0.2, -0.15) is 0 Å². The van der Waals surface area contributed by atoms with E-state index in [1.54, 1.807) is 0 Å². The van der Waals surface area contributed by atoms with Crippen LogP contribution in [0.4, 0.5) is 0 Å². The standard InChI is InChI=1S/4C31H23N.C16H16/c1-22-15-17-24(18-16-22)27-13-8-14-30-31(27)28-21-25(23-9-4-2-5-10-23)19-20-29(28)32(30)26-11-6-3-7-12-26;1-22-15-17-24(18-16-22)27-13-8-14-28-29-21-25(23-9-4-2-5-10-23)19-20-30(29)32(31(27)28)26-11-6-3-7-12-26;1-22-12-14-24(15-13-22)26-16-18-28-29-20-25(23-8-4-2-5-9-23)17-19-30(29)32(31(28)21-26)27-10-6-3-7-11-27;1-22-12-14-24(15-13-22)26-17-19-31-29(21-26)28-20-25(23-8-4-2-5-9-23)16-18-30(28)32(31)27-10-6-3-7-11-27;1-11-8-9-13-12-6-4-5-7-14(12)16(2,3)15(13)10-11/h4*2-21H,1H3;4-10H,1-3H3. The highest BCUT2D eigenvalue weighted by Gasteiger charge is 2.35. The van der Waals surface area contributed by atoms with Crippen LogP contribution in [0.3, 0.4) is 0 Å². The van der Waals surface area contributed by atoms with Crippen LogP contribution in [0.25, 0.3) is 210 Å². The molecule has 0 saturated carbocycles. The topological polar surface area (TPSA) is 19.7 Å². The van der Waals surface area contributed by atoms with Crippen LogP contribution in [0.2, 0.25) is 0 Å². The van der Waals surface area contributed by atoms with Crippen molar-refractivity contribution in [3.63, 3.8) is 0 Å². The first-order valence-corrected chi connectivity index (χ1v) is 50.0. The highest BCUT2D eigenvalue weighted by atomic mass is 15.0. The van der Waals surface area contributed by atoms with Gasteiger partial charge in [0.05, 0.1) is 44.1 Å². The van der Waals surface area contributed by atoms with E-state index >= 15 is 0 Å². The molecule has 4 aromatic heterocycles. The summed E-state index contributed by atoms with van der Waals surface area (Å²) in [6.45, 7) is 15.3. The summed E-state index contributed by atoms with van der Waals surface area (Å²) in [5, 5.41) is 10.2. The normalized spacial score (nSPS) is 11.8. The monoisotopic (exact) mass is 1840 g/mol. The molecule has 27 rings (SSSR count). The number of fused-ring (bicyclic) bond motifs is 15. The van der Waals surface area contributed by atoms with Gasteiger partial charge in [-0.05, 0) is 262 Å². The van der Waals surface area contributed by atoms with Crippen LogP contribution in [0.5, 0.6) is 0 Å². The maximum atomic E-state index is 2.41. The van der Waals surface area contributed by atoms with Crippen LogP contribution >= 0.6 is 0 Å². The molecule has 0 unspecified atom stereocenters. The molecule has 26 aromatic rings. The Morgan fingerprint density at radius 2 is 0.424 bits per heavy atom. The van der Waals surface area contributed by atoms with Gasteiger partial charge in [0, 0.05) is 76.8 Å². The Kier molecular flexibility index (Phi) is 24.4. The Morgan fingerprint density at radius 1 is 0.146 bits per heavy atom. The number of hydrogen-bond acceptors (Lipinski definition) is 0. The predicted molar refractivity (Wildman–Crippen MR) is 614 cm³/mol. The first-order valence-electron chi connectivity index (χ1n) is 50.0. The summed E-state index contributed by atoms with van der Waals surface area (Å²) in [5.41, 5.74) is 46.8. The molecule has 0 bridgehead atoms. The number of hydrogen-bond donors (Lipinski definition) is 0. The van der Waals surface area contributed by atoms with Crippen molar-refractivity contribution in [1.82, 2.24) is 18.3 Å². The Morgan fingerprint density at radius 3 is 0.854 bits per heavy atom. The van der Waals surface area contributed by atoms with Crippen molar-refractivity contribution >= 4 is 87.2 Å². The molecule has 4 heterocycles. The molecule has 0 aliphatic heterocycles. The van der Waals surface area contributed by atoms with Crippen molar-refractivity contribution < 1.29 is 0 Å². The molecule has 0 atom stereocenters. The van der Waals surface area contributed by atoms with Gasteiger partial charge in [-0.15, -0.1) is 0 Å². The van der Waals surface area contributed by atoms with Gasteiger partial charge in [0.1, 0.15) is 0 Å². The van der Waals surface area contributed by atoms with Crippen molar-refractivity contribution in [3.8, 4) is 123 Å². The van der Waals surface area contributed by atoms with Gasteiger partial charge in [-0.25, -0.2) is 0 Å². The lowest BCUT2D eigenvalue weighted by Gasteiger charge is -2.21. The molecule has 0 radical (unpaired) electrons. The smallest absolute Gasteiger partial charge is 0.0619 e. The van der Waals surface area contributed by atoms with E-state index in [0.717, 1.165) is 0 Å². The third-order valence-electron chi connectivity index (χ3n) is 28.8. The molecule has 22 aromatic carbocycles. The maximum Gasteiger partial charge on any atom is 0.0619 e. The highest BCUT2D eigenvalue weighted by molar-refractivity contribution is 6.18. The van der Waals surface area contributed by atoms with Gasteiger partial charge >= 0.3 is 0 Å². The van der Waals surface area contributed by atoms with Crippen LogP contribution in [0.1, 0.15) is 52.8 Å². The average Bonchev–Trinajstić information content (AvgIpc) is 1.56. The van der Waals surface area contributed by atoms with E-state index in [0.29, 0.717) is 0 Å². The average molecular weight is 1850 g/mol. The predicted octanol–water partition coefficient (Wildman–Crippen LogP) is 38.0. The SMILES string of the molecule is Cc1ccc(-c2ccc3c(c2)c2cc(-c4ccccc4)ccc2n3-c2ccccc2)cc1.Cc1ccc(-c2ccc3c4cc(-c5ccccc5)ccc4n(-c4ccccc4)c3c2)cc1.Cc1ccc(-c2cccc3c2c2cc(-c4ccccc4)ccc2n3-c2ccccc2)cc1.Cc1ccc(-c2cccc3c4cc(-c5ccccc5)ccc4n(-c4ccccc4)c23)cc1.Cc1ccc2c(c1)C(C)(C)c1ccccc1-2. The molecule has 144 heavy (non-hydrogen) atoms. The lowest BCUT2D eigenvalue weighted by molar-refractivity contribution is 0.660. The minimum atomic E-state index is 0.151. The molecular formula is C140H108N4. The van der Waals surface area contributed by atoms with Crippen LogP contribution in [0.15, 0.2) is 528 Å². The van der Waals surface area contributed by atoms with Crippen molar-refractivity contribution in [2.75, 3.05) is 0 Å². The van der Waals surface area contributed by atoms with Crippen molar-refractivity contribution in [1.29, 1.82) is 0 Å². The lowest BCUT2D eigenvalue weighted by atomic mass is 9.82. The molecule has 688 valence electrons. The molecule has 0 fully saturated rings. The zero-order valence-corrected chi connectivity index (χ0v) is 82.0. The van der Waals surface area contributed by atoms with Gasteiger partial charge in [0.2, 0.25) is 0 Å². The molecule has 1 aliphatic carbocycles. The third-order valence-corrected chi connectivity index (χ3v) is 28.8. The van der Waals surface area contributed by atoms with Crippen LogP contribution in [-0.4, -0.2) is 18.3 Å². The Balaban J connectivity index is 0.000000101. The molecule has 0 amide bonds. The first-order chi connectivity index (χ1) is 70.7. The van der Waals surface area contributed by atoms with Crippen molar-refractivity contribution in [2.45, 2.75) is 53.9 Å². The molecule has 4 nitrogen and oxygen atoms in total. The second kappa shape index (κ2) is 39.0. The number of nitrogens with zero attached hydrogens (tertiary/aromatic N) is 4. The molecule has 4 heteroatoms. The second-order valence-electron chi connectivity index (χ2n) is 38.6. The lowest BCUT2D eigenvalue weighted by Crippen LogP contribution is -2.14. The van der Waals surface area contributed by atoms with Gasteiger partial charge in [0.25, 0.3) is 0 Å². The Hall–Kier alpha value is -18.0. The fourth-order valence-corrected chi connectivity index (χ4v) is 21.4. The first kappa shape index (κ1) is 89.9. The van der Waals surface area contributed by atoms with E-state index in [2.05, 4.69) is 595 Å². The summed E-state index contributed by atoms with van der Waals surface area (Å²) in [5.74, 6) is 0. The van der Waals surface area contributed by atoms with E-state index in [1.165, 1.54) is 249 Å². The van der Waals surface area contributed by atoms with Gasteiger partial charge in [-0.3, -0.25) is 0 Å². The van der Waals surface area contributed by atoms with Gasteiger partial charge < -0.3 is 18.3 Å². The fraction of sp³-hybridized carbons (Fsp3) is 0.0571. The maximum absolute atomic E-state index is 2.41. The number of rotatable bonds is 12. The zero-order valence-electron chi connectivity index (χ0n) is 82.0. The Bertz CT molecular complexity index is 9050. The molecule has 0 spiro atoms. The summed E-state index contributed by atoms with van der Waals surface area (Å²) in [7, 11) is 0. The number of benzene rings is 22. The highest BCUT2D eigenvalue weighted by Crippen LogP contribution is 2.50. The largest absolute Gasteiger partial charge is 0.309 e. The van der Waals surface area contributed by atoms with Crippen LogP contribution in [-0.2, 0) is 5.41 Å². The number of para-hydroxylation sites is 5. The fourth-order valence-electron chi connectivity index (χ4n) is 21.4. The van der Waals surface area contributed by atoms with E-state index in [-0.39, 0.29) is 5.41 Å². The summed E-state index contributed by atoms with van der Waals surface area (Å²) in [6.07, 6.45) is 0. The minimum absolute atomic E-state index is 0.151. The molecular weight excluding hydrogens is 1740 g/mol. The second-order valence-corrected chi connectivity index (χ2v) is 38.6. The quantitative estimate of drug-likeness (QED) is 0.116. The summed E-state index contributed by atoms with van der Waals surface area (Å²) in [4.78, 5) is 0. The summed E-state index contributed by atoms with van der Waals surface area (Å²) in [6, 6.07) is 190. The van der Waals surface area contributed by atoms with Crippen LogP contribution < -0.4 is 0 Å². The molecule has 0 saturated heterocycles. The summed E-state index contributed by atoms with van der Waals surface area (Å²) >= 11 is 0. The van der Waals surface area contributed by atoms with E-state index in [4.69, 9.17) is 0 Å². The van der Waals surface area contributed by atoms with Crippen LogP contribution in [0, 0.1) is 34.6 Å². The van der Waals surface area contributed by atoms with E-state index in [9.17, 15) is 0 Å². The van der Waals surface area contributed by atoms with Crippen molar-refractivity contribution in [3.05, 3.63) is 567 Å². The Labute approximate surface area is 842 Å². The number of aromatic nitrogens is 4. The van der Waals surface area contributed by atoms with Gasteiger partial charge in [0.15, 0.2) is 0 Å². The van der Waals surface area contributed by atoms with Crippen molar-refractivity contribution in [2.24, 2.45) is 0 Å². The summed E-state index contributed by atoms with van der Waals surface area (Å²) < 4.78 is 9.56. The molecule has 1 aliphatic rings. The molecule has 0 N–H and O–H groups in total. The van der Waals surface area contributed by atoms with Gasteiger partial charge in [-0.1, -0.05) is 448 Å². The number of aryl methyl sites for hydroxylation is 5. The zero-order chi connectivity index (χ0) is 97.3. The van der Waals surface area contributed by atoms with E-state index < -0.39 is 0 Å².